The van der Waals surface area contributed by atoms with Gasteiger partial charge < -0.3 is 14.8 Å². The number of hydrogen-bond acceptors (Lipinski definition) is 3. The molecule has 2 rings (SSSR count). The minimum atomic E-state index is -0.127. The van der Waals surface area contributed by atoms with E-state index in [0.29, 0.717) is 0 Å². The Labute approximate surface area is 80.8 Å². The molecule has 3 heteroatoms. The summed E-state index contributed by atoms with van der Waals surface area (Å²) in [6.07, 6.45) is 6.15. The van der Waals surface area contributed by atoms with Gasteiger partial charge >= 0.3 is 0 Å². The molecule has 13 heavy (non-hydrogen) atoms. The molecule has 0 aromatic rings. The summed E-state index contributed by atoms with van der Waals surface area (Å²) in [5.41, 5.74) is 0. The Morgan fingerprint density at radius 1 is 0.923 bits per heavy atom. The average Bonchev–Trinajstić information content (AvgIpc) is 2.56. The summed E-state index contributed by atoms with van der Waals surface area (Å²) < 4.78 is 11.1. The molecule has 1 saturated heterocycles. The molecule has 0 aromatic carbocycles. The molecule has 1 aliphatic heterocycles. The molecule has 2 fully saturated rings. The van der Waals surface area contributed by atoms with E-state index in [9.17, 15) is 0 Å². The summed E-state index contributed by atoms with van der Waals surface area (Å²) in [6.45, 7) is 1.61. The van der Waals surface area contributed by atoms with Crippen LogP contribution in [0.25, 0.3) is 0 Å². The van der Waals surface area contributed by atoms with E-state index in [0.717, 1.165) is 26.1 Å². The van der Waals surface area contributed by atoms with Crippen LogP contribution in [0.3, 0.4) is 0 Å². The average molecular weight is 187 g/mol. The molecule has 0 bridgehead atoms. The third kappa shape index (κ3) is 3.25. The van der Waals surface area contributed by atoms with Crippen LogP contribution < -0.4 is 5.32 Å². The van der Waals surface area contributed by atoms with Crippen molar-refractivity contribution in [3.8, 4) is 0 Å². The molecule has 0 atom stereocenters. The topological polar surface area (TPSA) is 30.5 Å². The summed E-state index contributed by atoms with van der Waals surface area (Å²) in [7, 11) is 3.75. The zero-order valence-corrected chi connectivity index (χ0v) is 8.77. The van der Waals surface area contributed by atoms with Gasteiger partial charge in [-0.2, -0.15) is 0 Å². The van der Waals surface area contributed by atoms with Gasteiger partial charge in [0.05, 0.1) is 13.2 Å². The molecule has 2 aliphatic rings. The van der Waals surface area contributed by atoms with Gasteiger partial charge in [0.15, 0.2) is 5.79 Å². The van der Waals surface area contributed by atoms with E-state index in [4.69, 9.17) is 9.47 Å². The molecule has 3 nitrogen and oxygen atoms in total. The maximum Gasteiger partial charge on any atom is 0.168 e. The molecule has 0 amide bonds. The number of rotatable bonds is 0. The first kappa shape index (κ1) is 11.0. The highest BCUT2D eigenvalue weighted by molar-refractivity contribution is 4.77. The SMILES string of the molecule is C1CCC2(CC1)OCCO2.CNC. The predicted molar refractivity (Wildman–Crippen MR) is 52.7 cm³/mol. The Morgan fingerprint density at radius 2 is 1.38 bits per heavy atom. The lowest BCUT2D eigenvalue weighted by Gasteiger charge is -2.30. The lowest BCUT2D eigenvalue weighted by molar-refractivity contribution is -0.176. The molecule has 1 saturated carbocycles. The van der Waals surface area contributed by atoms with E-state index in [1.54, 1.807) is 0 Å². The van der Waals surface area contributed by atoms with Crippen molar-refractivity contribution < 1.29 is 9.47 Å². The quantitative estimate of drug-likeness (QED) is 0.624. The van der Waals surface area contributed by atoms with E-state index in [1.165, 1.54) is 19.3 Å². The van der Waals surface area contributed by atoms with Crippen LogP contribution in [-0.4, -0.2) is 33.1 Å². The third-order valence-electron chi connectivity index (χ3n) is 2.43. The molecule has 1 heterocycles. The highest BCUT2D eigenvalue weighted by Crippen LogP contribution is 2.35. The number of ether oxygens (including phenoxy) is 2. The Balaban J connectivity index is 0.000000251. The zero-order chi connectivity index (χ0) is 9.57. The Bertz CT molecular complexity index is 125. The van der Waals surface area contributed by atoms with E-state index in [1.807, 2.05) is 14.1 Å². The van der Waals surface area contributed by atoms with Gasteiger partial charge in [-0.25, -0.2) is 0 Å². The van der Waals surface area contributed by atoms with Gasteiger partial charge in [-0.1, -0.05) is 6.42 Å². The van der Waals surface area contributed by atoms with Gasteiger partial charge in [0, 0.05) is 12.8 Å². The van der Waals surface area contributed by atoms with Crippen molar-refractivity contribution in [1.29, 1.82) is 0 Å². The van der Waals surface area contributed by atoms with Crippen LogP contribution in [0.4, 0.5) is 0 Å². The molecule has 1 aliphatic carbocycles. The maximum absolute atomic E-state index is 5.56. The van der Waals surface area contributed by atoms with Crippen LogP contribution in [0.1, 0.15) is 32.1 Å². The second-order valence-corrected chi connectivity index (χ2v) is 3.67. The van der Waals surface area contributed by atoms with Crippen molar-refractivity contribution in [2.45, 2.75) is 37.9 Å². The minimum Gasteiger partial charge on any atom is -0.348 e. The number of hydrogen-bond donors (Lipinski definition) is 1. The van der Waals surface area contributed by atoms with E-state index in [-0.39, 0.29) is 5.79 Å². The molecule has 0 unspecified atom stereocenters. The van der Waals surface area contributed by atoms with Crippen LogP contribution in [0.15, 0.2) is 0 Å². The Morgan fingerprint density at radius 3 is 1.85 bits per heavy atom. The van der Waals surface area contributed by atoms with Crippen LogP contribution in [0.5, 0.6) is 0 Å². The second-order valence-electron chi connectivity index (χ2n) is 3.67. The van der Waals surface area contributed by atoms with Gasteiger partial charge in [-0.05, 0) is 26.9 Å². The summed E-state index contributed by atoms with van der Waals surface area (Å²) in [4.78, 5) is 0. The van der Waals surface area contributed by atoms with Gasteiger partial charge in [0.2, 0.25) is 0 Å². The van der Waals surface area contributed by atoms with Crippen LogP contribution in [0.2, 0.25) is 0 Å². The fraction of sp³-hybridized carbons (Fsp3) is 1.00. The molecule has 78 valence electrons. The lowest BCUT2D eigenvalue weighted by Crippen LogP contribution is -2.32. The highest BCUT2D eigenvalue weighted by Gasteiger charge is 2.37. The maximum atomic E-state index is 5.56. The van der Waals surface area contributed by atoms with Crippen molar-refractivity contribution in [3.05, 3.63) is 0 Å². The summed E-state index contributed by atoms with van der Waals surface area (Å²) in [5.74, 6) is -0.127. The van der Waals surface area contributed by atoms with Crippen molar-refractivity contribution in [3.63, 3.8) is 0 Å². The zero-order valence-electron chi connectivity index (χ0n) is 8.77. The highest BCUT2D eigenvalue weighted by atomic mass is 16.7. The normalized spacial score (nSPS) is 25.4. The van der Waals surface area contributed by atoms with Crippen molar-refractivity contribution in [2.75, 3.05) is 27.3 Å². The molecule has 0 radical (unpaired) electrons. The molecule has 1 N–H and O–H groups in total. The second kappa shape index (κ2) is 5.58. The molecule has 1 spiro atoms. The van der Waals surface area contributed by atoms with Crippen molar-refractivity contribution in [1.82, 2.24) is 5.32 Å². The van der Waals surface area contributed by atoms with Crippen LogP contribution in [-0.2, 0) is 9.47 Å². The summed E-state index contributed by atoms with van der Waals surface area (Å²) in [5, 5.41) is 2.75. The molecular formula is C10H21NO2. The standard InChI is InChI=1S/C8H14O2.C2H7N/c1-2-4-8(5-3-1)9-6-7-10-8;1-3-2/h1-7H2;3H,1-2H3. The Hall–Kier alpha value is -0.120. The predicted octanol–water partition coefficient (Wildman–Crippen LogP) is 1.53. The van der Waals surface area contributed by atoms with Crippen LogP contribution in [0, 0.1) is 0 Å². The molecular weight excluding hydrogens is 166 g/mol. The largest absolute Gasteiger partial charge is 0.348 e. The first-order valence-electron chi connectivity index (χ1n) is 5.19. The summed E-state index contributed by atoms with van der Waals surface area (Å²) in [6, 6.07) is 0. The first-order chi connectivity index (χ1) is 6.33. The van der Waals surface area contributed by atoms with Crippen LogP contribution >= 0.6 is 0 Å². The van der Waals surface area contributed by atoms with Gasteiger partial charge in [-0.3, -0.25) is 0 Å². The van der Waals surface area contributed by atoms with E-state index in [2.05, 4.69) is 5.32 Å². The smallest absolute Gasteiger partial charge is 0.168 e. The van der Waals surface area contributed by atoms with Gasteiger partial charge in [0.25, 0.3) is 0 Å². The fourth-order valence-corrected chi connectivity index (χ4v) is 1.88. The minimum absolute atomic E-state index is 0.127. The molecule has 0 aromatic heterocycles. The number of nitrogens with one attached hydrogen (secondary N) is 1. The fourth-order valence-electron chi connectivity index (χ4n) is 1.88. The van der Waals surface area contributed by atoms with E-state index >= 15 is 0 Å². The monoisotopic (exact) mass is 187 g/mol. The summed E-state index contributed by atoms with van der Waals surface area (Å²) >= 11 is 0. The van der Waals surface area contributed by atoms with Crippen molar-refractivity contribution >= 4 is 0 Å². The van der Waals surface area contributed by atoms with Crippen molar-refractivity contribution in [2.24, 2.45) is 0 Å². The third-order valence-corrected chi connectivity index (χ3v) is 2.43. The van der Waals surface area contributed by atoms with Gasteiger partial charge in [-0.15, -0.1) is 0 Å². The van der Waals surface area contributed by atoms with E-state index < -0.39 is 0 Å². The van der Waals surface area contributed by atoms with Gasteiger partial charge in [0.1, 0.15) is 0 Å². The first-order valence-corrected chi connectivity index (χ1v) is 5.19. The lowest BCUT2D eigenvalue weighted by atomic mass is 9.94. The Kier molecular flexibility index (Phi) is 4.70.